The van der Waals surface area contributed by atoms with Crippen molar-refractivity contribution in [1.29, 1.82) is 0 Å². The largest absolute Gasteiger partial charge is 0.360 e. The Morgan fingerprint density at radius 1 is 1.25 bits per heavy atom. The van der Waals surface area contributed by atoms with Gasteiger partial charge in [0.2, 0.25) is 0 Å². The highest BCUT2D eigenvalue weighted by Gasteiger charge is 2.14. The minimum atomic E-state index is 0.129. The van der Waals surface area contributed by atoms with Crippen molar-refractivity contribution in [3.63, 3.8) is 0 Å². The second-order valence-electron chi connectivity index (χ2n) is 5.57. The molecule has 0 spiro atoms. The summed E-state index contributed by atoms with van der Waals surface area (Å²) in [6.07, 6.45) is 5.63. The number of aryl methyl sites for hydroxylation is 1. The first-order valence-corrected chi connectivity index (χ1v) is 7.56. The van der Waals surface area contributed by atoms with Crippen LogP contribution in [0.3, 0.4) is 0 Å². The van der Waals surface area contributed by atoms with Crippen LogP contribution in [0, 0.1) is 6.92 Å². The number of fused-ring (bicyclic) bond motifs is 1. The number of nitrogens with one attached hydrogen (secondary N) is 1. The number of aromatic amines is 1. The van der Waals surface area contributed by atoms with Crippen LogP contribution >= 0.6 is 11.6 Å². The second kappa shape index (κ2) is 5.58. The quantitative estimate of drug-likeness (QED) is 0.919. The van der Waals surface area contributed by atoms with E-state index in [9.17, 15) is 4.79 Å². The zero-order valence-electron chi connectivity index (χ0n) is 11.7. The highest BCUT2D eigenvalue weighted by Crippen LogP contribution is 2.22. The van der Waals surface area contributed by atoms with Gasteiger partial charge in [-0.15, -0.1) is 0 Å². The van der Waals surface area contributed by atoms with Crippen LogP contribution in [0.2, 0.25) is 5.02 Å². The molecule has 0 saturated carbocycles. The van der Waals surface area contributed by atoms with Gasteiger partial charge in [0.15, 0.2) is 5.43 Å². The summed E-state index contributed by atoms with van der Waals surface area (Å²) >= 11 is 6.11. The highest BCUT2D eigenvalue weighted by atomic mass is 35.5. The molecule has 1 aromatic carbocycles. The molecule has 106 valence electrons. The molecule has 1 aliphatic heterocycles. The maximum atomic E-state index is 12.6. The number of benzene rings is 1. The maximum absolute atomic E-state index is 12.6. The van der Waals surface area contributed by atoms with Crippen molar-refractivity contribution in [2.75, 3.05) is 13.1 Å². The van der Waals surface area contributed by atoms with Crippen LogP contribution < -0.4 is 5.43 Å². The molecule has 20 heavy (non-hydrogen) atoms. The fourth-order valence-electron chi connectivity index (χ4n) is 2.94. The Hall–Kier alpha value is -1.32. The van der Waals surface area contributed by atoms with E-state index in [0.717, 1.165) is 41.7 Å². The molecular formula is C16H19ClN2O. The minimum absolute atomic E-state index is 0.129. The number of pyridine rings is 1. The Kier molecular flexibility index (Phi) is 3.81. The van der Waals surface area contributed by atoms with Gasteiger partial charge in [0.25, 0.3) is 0 Å². The number of hydrogen-bond donors (Lipinski definition) is 1. The molecule has 1 N–H and O–H groups in total. The molecule has 1 aliphatic rings. The predicted molar refractivity (Wildman–Crippen MR) is 83.4 cm³/mol. The van der Waals surface area contributed by atoms with Crippen LogP contribution in [-0.4, -0.2) is 23.0 Å². The number of aromatic nitrogens is 1. The lowest BCUT2D eigenvalue weighted by Crippen LogP contribution is -2.31. The third-order valence-corrected chi connectivity index (χ3v) is 4.58. The Morgan fingerprint density at radius 3 is 2.75 bits per heavy atom. The minimum Gasteiger partial charge on any atom is -0.360 e. The van der Waals surface area contributed by atoms with E-state index in [1.807, 2.05) is 19.2 Å². The Bertz CT molecular complexity index is 687. The fourth-order valence-corrected chi connectivity index (χ4v) is 3.09. The van der Waals surface area contributed by atoms with E-state index in [0.29, 0.717) is 5.02 Å². The van der Waals surface area contributed by atoms with E-state index in [1.54, 1.807) is 6.07 Å². The number of halogens is 1. The van der Waals surface area contributed by atoms with E-state index in [4.69, 9.17) is 11.6 Å². The number of piperidine rings is 1. The lowest BCUT2D eigenvalue weighted by molar-refractivity contribution is 0.220. The molecule has 0 aliphatic carbocycles. The SMILES string of the molecule is Cc1c(Cl)ccc2c(=O)c(CN3CCCCC3)c[nH]c12. The molecule has 0 unspecified atom stereocenters. The van der Waals surface area contributed by atoms with E-state index in [-0.39, 0.29) is 5.43 Å². The molecule has 0 radical (unpaired) electrons. The fraction of sp³-hybridized carbons (Fsp3) is 0.438. The van der Waals surface area contributed by atoms with Gasteiger partial charge in [-0.1, -0.05) is 18.0 Å². The zero-order chi connectivity index (χ0) is 14.1. The molecular weight excluding hydrogens is 272 g/mol. The third kappa shape index (κ3) is 2.48. The van der Waals surface area contributed by atoms with Crippen molar-refractivity contribution in [1.82, 2.24) is 9.88 Å². The zero-order valence-corrected chi connectivity index (χ0v) is 12.5. The van der Waals surface area contributed by atoms with Gasteiger partial charge >= 0.3 is 0 Å². The van der Waals surface area contributed by atoms with Crippen LogP contribution in [0.4, 0.5) is 0 Å². The lowest BCUT2D eigenvalue weighted by Gasteiger charge is -2.26. The summed E-state index contributed by atoms with van der Waals surface area (Å²) in [4.78, 5) is 18.2. The molecule has 2 heterocycles. The summed E-state index contributed by atoms with van der Waals surface area (Å²) in [5.74, 6) is 0. The number of H-pyrrole nitrogens is 1. The van der Waals surface area contributed by atoms with E-state index >= 15 is 0 Å². The van der Waals surface area contributed by atoms with Gasteiger partial charge in [0.05, 0.1) is 5.52 Å². The van der Waals surface area contributed by atoms with Gasteiger partial charge in [-0.2, -0.15) is 0 Å². The summed E-state index contributed by atoms with van der Waals surface area (Å²) in [5, 5.41) is 1.43. The smallest absolute Gasteiger partial charge is 0.193 e. The standard InChI is InChI=1S/C16H19ClN2O/c1-11-14(17)6-5-13-15(11)18-9-12(16(13)20)10-19-7-3-2-4-8-19/h5-6,9H,2-4,7-8,10H2,1H3,(H,18,20). The average Bonchev–Trinajstić information content (AvgIpc) is 2.47. The first kappa shape index (κ1) is 13.7. The summed E-state index contributed by atoms with van der Waals surface area (Å²) < 4.78 is 0. The van der Waals surface area contributed by atoms with Crippen molar-refractivity contribution in [3.05, 3.63) is 44.7 Å². The van der Waals surface area contributed by atoms with Gasteiger partial charge in [0, 0.05) is 28.7 Å². The van der Waals surface area contributed by atoms with Crippen molar-refractivity contribution >= 4 is 22.5 Å². The Balaban J connectivity index is 1.99. The van der Waals surface area contributed by atoms with Crippen LogP contribution in [0.1, 0.15) is 30.4 Å². The number of likely N-dealkylation sites (tertiary alicyclic amines) is 1. The number of nitrogens with zero attached hydrogens (tertiary/aromatic N) is 1. The molecule has 0 atom stereocenters. The average molecular weight is 291 g/mol. The van der Waals surface area contributed by atoms with E-state index in [1.165, 1.54) is 19.3 Å². The normalized spacial score (nSPS) is 16.7. The molecule has 3 nitrogen and oxygen atoms in total. The van der Waals surface area contributed by atoms with E-state index < -0.39 is 0 Å². The molecule has 0 bridgehead atoms. The lowest BCUT2D eigenvalue weighted by atomic mass is 10.1. The van der Waals surface area contributed by atoms with Crippen LogP contribution in [0.25, 0.3) is 10.9 Å². The Labute approximate surface area is 123 Å². The first-order valence-electron chi connectivity index (χ1n) is 7.18. The first-order chi connectivity index (χ1) is 9.66. The number of hydrogen-bond acceptors (Lipinski definition) is 2. The topological polar surface area (TPSA) is 36.1 Å². The van der Waals surface area contributed by atoms with Gasteiger partial charge in [-0.05, 0) is 50.6 Å². The summed E-state index contributed by atoms with van der Waals surface area (Å²) in [6, 6.07) is 3.63. The van der Waals surface area contributed by atoms with Gasteiger partial charge < -0.3 is 4.98 Å². The predicted octanol–water partition coefficient (Wildman–Crippen LogP) is 3.48. The van der Waals surface area contributed by atoms with Crippen LogP contribution in [-0.2, 0) is 6.54 Å². The maximum Gasteiger partial charge on any atom is 0.193 e. The van der Waals surface area contributed by atoms with Crippen molar-refractivity contribution < 1.29 is 0 Å². The molecule has 1 saturated heterocycles. The molecule has 0 amide bonds. The Morgan fingerprint density at radius 2 is 2.00 bits per heavy atom. The van der Waals surface area contributed by atoms with Crippen LogP contribution in [0.5, 0.6) is 0 Å². The monoisotopic (exact) mass is 290 g/mol. The highest BCUT2D eigenvalue weighted by molar-refractivity contribution is 6.32. The molecule has 2 aromatic rings. The molecule has 1 fully saturated rings. The molecule has 3 rings (SSSR count). The van der Waals surface area contributed by atoms with Crippen molar-refractivity contribution in [2.24, 2.45) is 0 Å². The summed E-state index contributed by atoms with van der Waals surface area (Å²) in [6.45, 7) is 4.87. The molecule has 1 aromatic heterocycles. The number of rotatable bonds is 2. The van der Waals surface area contributed by atoms with Crippen molar-refractivity contribution in [2.45, 2.75) is 32.7 Å². The summed E-state index contributed by atoms with van der Waals surface area (Å²) in [5.41, 5.74) is 2.76. The van der Waals surface area contributed by atoms with Crippen molar-refractivity contribution in [3.8, 4) is 0 Å². The van der Waals surface area contributed by atoms with Gasteiger partial charge in [-0.3, -0.25) is 9.69 Å². The van der Waals surface area contributed by atoms with Gasteiger partial charge in [0.1, 0.15) is 0 Å². The third-order valence-electron chi connectivity index (χ3n) is 4.17. The summed E-state index contributed by atoms with van der Waals surface area (Å²) in [7, 11) is 0. The van der Waals surface area contributed by atoms with Crippen LogP contribution in [0.15, 0.2) is 23.1 Å². The second-order valence-corrected chi connectivity index (χ2v) is 5.98. The van der Waals surface area contributed by atoms with E-state index in [2.05, 4.69) is 9.88 Å². The molecule has 4 heteroatoms. The van der Waals surface area contributed by atoms with Gasteiger partial charge in [-0.25, -0.2) is 0 Å².